The van der Waals surface area contributed by atoms with Crippen molar-refractivity contribution < 1.29 is 19.2 Å². The van der Waals surface area contributed by atoms with Gasteiger partial charge in [0.05, 0.1) is 26.3 Å². The lowest BCUT2D eigenvalue weighted by Crippen LogP contribution is -2.43. The maximum absolute atomic E-state index is 12.4. The third-order valence-corrected chi connectivity index (χ3v) is 4.50. The fourth-order valence-electron chi connectivity index (χ4n) is 2.46. The van der Waals surface area contributed by atoms with Crippen LogP contribution in [-0.2, 0) is 9.59 Å². The lowest BCUT2D eigenvalue weighted by molar-refractivity contribution is -0.384. The normalized spacial score (nSPS) is 13.0. The number of amides is 2. The van der Waals surface area contributed by atoms with E-state index in [-0.39, 0.29) is 34.6 Å². The largest absolute Gasteiger partial charge is 0.482 e. The highest BCUT2D eigenvalue weighted by Crippen LogP contribution is 2.36. The Labute approximate surface area is 167 Å². The zero-order chi connectivity index (χ0) is 19.7. The number of ether oxygens (including phenoxy) is 1. The number of non-ortho nitro benzene ring substituents is 1. The first kappa shape index (κ1) is 19.2. The van der Waals surface area contributed by atoms with Crippen LogP contribution >= 0.6 is 34.8 Å². The van der Waals surface area contributed by atoms with E-state index in [2.05, 4.69) is 5.32 Å². The SMILES string of the molecule is O=C(CN1C(=O)COc2ccc(Cl)cc21)Nc1c(Cl)cc([N+](=O)[O-])cc1Cl. The van der Waals surface area contributed by atoms with Crippen molar-refractivity contribution in [3.05, 3.63) is 55.5 Å². The molecule has 0 aromatic heterocycles. The summed E-state index contributed by atoms with van der Waals surface area (Å²) in [6.07, 6.45) is 0. The minimum Gasteiger partial charge on any atom is -0.482 e. The fourth-order valence-corrected chi connectivity index (χ4v) is 3.19. The monoisotopic (exact) mass is 429 g/mol. The Hall–Kier alpha value is -2.55. The first-order valence-corrected chi connectivity index (χ1v) is 8.55. The van der Waals surface area contributed by atoms with Crippen LogP contribution in [0.25, 0.3) is 0 Å². The third-order valence-electron chi connectivity index (χ3n) is 3.67. The number of fused-ring (bicyclic) bond motifs is 1. The lowest BCUT2D eigenvalue weighted by atomic mass is 10.2. The molecule has 27 heavy (non-hydrogen) atoms. The van der Waals surface area contributed by atoms with Crippen molar-refractivity contribution in [1.29, 1.82) is 0 Å². The maximum atomic E-state index is 12.4. The second kappa shape index (κ2) is 7.59. The summed E-state index contributed by atoms with van der Waals surface area (Å²) in [7, 11) is 0. The van der Waals surface area contributed by atoms with Gasteiger partial charge in [-0.1, -0.05) is 34.8 Å². The topological polar surface area (TPSA) is 102 Å². The predicted octanol–water partition coefficient (Wildman–Crippen LogP) is 3.92. The molecule has 0 bridgehead atoms. The average molecular weight is 431 g/mol. The zero-order valence-electron chi connectivity index (χ0n) is 13.4. The molecule has 1 N–H and O–H groups in total. The van der Waals surface area contributed by atoms with Crippen molar-refractivity contribution in [2.75, 3.05) is 23.4 Å². The molecule has 8 nitrogen and oxygen atoms in total. The van der Waals surface area contributed by atoms with Gasteiger partial charge in [0.1, 0.15) is 12.3 Å². The number of nitro benzene ring substituents is 1. The van der Waals surface area contributed by atoms with Gasteiger partial charge < -0.3 is 10.1 Å². The smallest absolute Gasteiger partial charge is 0.272 e. The summed E-state index contributed by atoms with van der Waals surface area (Å²) in [6.45, 7) is -0.569. The number of benzene rings is 2. The first-order valence-electron chi connectivity index (χ1n) is 7.42. The Morgan fingerprint density at radius 1 is 1.22 bits per heavy atom. The molecule has 1 heterocycles. The Morgan fingerprint density at radius 2 is 1.89 bits per heavy atom. The summed E-state index contributed by atoms with van der Waals surface area (Å²) in [5.41, 5.74) is 0.0608. The third kappa shape index (κ3) is 4.08. The van der Waals surface area contributed by atoms with Crippen molar-refractivity contribution in [3.8, 4) is 5.75 Å². The molecular formula is C16H10Cl3N3O5. The predicted molar refractivity (Wildman–Crippen MR) is 101 cm³/mol. The Balaban J connectivity index is 1.82. The van der Waals surface area contributed by atoms with Crippen molar-refractivity contribution in [2.45, 2.75) is 0 Å². The van der Waals surface area contributed by atoms with E-state index in [9.17, 15) is 19.7 Å². The zero-order valence-corrected chi connectivity index (χ0v) is 15.6. The molecule has 11 heteroatoms. The second-order valence-electron chi connectivity index (χ2n) is 5.47. The highest BCUT2D eigenvalue weighted by atomic mass is 35.5. The Morgan fingerprint density at radius 3 is 2.52 bits per heavy atom. The molecule has 0 radical (unpaired) electrons. The number of carbonyl (C=O) groups is 2. The molecule has 0 atom stereocenters. The quantitative estimate of drug-likeness (QED) is 0.585. The number of carbonyl (C=O) groups excluding carboxylic acids is 2. The van der Waals surface area contributed by atoms with E-state index in [1.54, 1.807) is 12.1 Å². The molecule has 0 spiro atoms. The van der Waals surface area contributed by atoms with Crippen molar-refractivity contribution in [3.63, 3.8) is 0 Å². The number of nitrogens with one attached hydrogen (secondary N) is 1. The number of rotatable bonds is 4. The van der Waals surface area contributed by atoms with Crippen LogP contribution in [0.3, 0.4) is 0 Å². The highest BCUT2D eigenvalue weighted by molar-refractivity contribution is 6.40. The van der Waals surface area contributed by atoms with Crippen LogP contribution < -0.4 is 15.0 Å². The molecule has 140 valence electrons. The maximum Gasteiger partial charge on any atom is 0.272 e. The van der Waals surface area contributed by atoms with Crippen molar-refractivity contribution >= 4 is 63.7 Å². The van der Waals surface area contributed by atoms with E-state index < -0.39 is 16.7 Å². The van der Waals surface area contributed by atoms with E-state index in [0.29, 0.717) is 16.5 Å². The van der Waals surface area contributed by atoms with Crippen LogP contribution in [0.15, 0.2) is 30.3 Å². The molecule has 0 aliphatic carbocycles. The molecule has 0 saturated heterocycles. The Bertz CT molecular complexity index is 943. The molecule has 2 aromatic rings. The van der Waals surface area contributed by atoms with Crippen molar-refractivity contribution in [1.82, 2.24) is 0 Å². The number of nitro groups is 1. The van der Waals surface area contributed by atoms with Gasteiger partial charge in [-0.2, -0.15) is 0 Å². The minimum atomic E-state index is -0.656. The molecule has 2 amide bonds. The molecular weight excluding hydrogens is 421 g/mol. The standard InChI is InChI=1S/C16H10Cl3N3O5/c17-8-1-2-13-12(3-8)21(15(24)7-27-13)6-14(23)20-16-10(18)4-9(22(25)26)5-11(16)19/h1-5H,6-7H2,(H,20,23). The van der Waals surface area contributed by atoms with Gasteiger partial charge >= 0.3 is 0 Å². The van der Waals surface area contributed by atoms with Gasteiger partial charge in [0.2, 0.25) is 5.91 Å². The molecule has 1 aliphatic heterocycles. The molecule has 1 aliphatic rings. The summed E-state index contributed by atoms with van der Waals surface area (Å²) in [6, 6.07) is 6.84. The molecule has 0 unspecified atom stereocenters. The van der Waals surface area contributed by atoms with Crippen LogP contribution in [0.5, 0.6) is 5.75 Å². The van der Waals surface area contributed by atoms with Gasteiger partial charge in [-0.3, -0.25) is 24.6 Å². The summed E-state index contributed by atoms with van der Waals surface area (Å²) in [5.74, 6) is -0.618. The van der Waals surface area contributed by atoms with Gasteiger partial charge in [0, 0.05) is 17.2 Å². The fraction of sp³-hybridized carbons (Fsp3) is 0.125. The Kier molecular flexibility index (Phi) is 5.41. The average Bonchev–Trinajstić information content (AvgIpc) is 2.60. The molecule has 2 aromatic carbocycles. The number of halogens is 3. The summed E-state index contributed by atoms with van der Waals surface area (Å²) >= 11 is 17.9. The van der Waals surface area contributed by atoms with Gasteiger partial charge in [0.25, 0.3) is 11.6 Å². The van der Waals surface area contributed by atoms with E-state index in [0.717, 1.165) is 12.1 Å². The number of hydrogen-bond donors (Lipinski definition) is 1. The molecule has 3 rings (SSSR count). The van der Waals surface area contributed by atoms with Gasteiger partial charge in [0.15, 0.2) is 6.61 Å². The van der Waals surface area contributed by atoms with E-state index in [4.69, 9.17) is 39.5 Å². The van der Waals surface area contributed by atoms with Crippen LogP contribution in [0.2, 0.25) is 15.1 Å². The molecule has 0 fully saturated rings. The van der Waals surface area contributed by atoms with Gasteiger partial charge in [-0.25, -0.2) is 0 Å². The minimum absolute atomic E-state index is 0.0148. The summed E-state index contributed by atoms with van der Waals surface area (Å²) < 4.78 is 5.31. The highest BCUT2D eigenvalue weighted by Gasteiger charge is 2.28. The number of nitrogens with zero attached hydrogens (tertiary/aromatic N) is 2. The summed E-state index contributed by atoms with van der Waals surface area (Å²) in [5, 5.41) is 13.5. The van der Waals surface area contributed by atoms with Gasteiger partial charge in [-0.05, 0) is 18.2 Å². The van der Waals surface area contributed by atoms with Crippen molar-refractivity contribution in [2.24, 2.45) is 0 Å². The molecule has 0 saturated carbocycles. The van der Waals surface area contributed by atoms with Gasteiger partial charge in [-0.15, -0.1) is 0 Å². The van der Waals surface area contributed by atoms with E-state index in [1.165, 1.54) is 11.0 Å². The van der Waals surface area contributed by atoms with Crippen LogP contribution in [0, 0.1) is 10.1 Å². The van der Waals surface area contributed by atoms with E-state index >= 15 is 0 Å². The lowest BCUT2D eigenvalue weighted by Gasteiger charge is -2.29. The van der Waals surface area contributed by atoms with Crippen LogP contribution in [0.1, 0.15) is 0 Å². The second-order valence-corrected chi connectivity index (χ2v) is 6.72. The van der Waals surface area contributed by atoms with Crippen LogP contribution in [0.4, 0.5) is 17.1 Å². The summed E-state index contributed by atoms with van der Waals surface area (Å²) in [4.78, 5) is 36.0. The number of anilines is 2. The number of hydrogen-bond acceptors (Lipinski definition) is 5. The van der Waals surface area contributed by atoms with Crippen LogP contribution in [-0.4, -0.2) is 29.9 Å². The first-order chi connectivity index (χ1) is 12.8. The van der Waals surface area contributed by atoms with E-state index in [1.807, 2.05) is 0 Å².